The zero-order valence-electron chi connectivity index (χ0n) is 12.1. The number of esters is 1. The molecule has 0 spiro atoms. The lowest BCUT2D eigenvalue weighted by molar-refractivity contribution is 0.0526. The van der Waals surface area contributed by atoms with Gasteiger partial charge in [-0.15, -0.1) is 0 Å². The number of benzene rings is 1. The van der Waals surface area contributed by atoms with Crippen LogP contribution in [0, 0.1) is 13.8 Å². The first-order valence-corrected chi connectivity index (χ1v) is 6.93. The second kappa shape index (κ2) is 6.54. The number of ether oxygens (including phenoxy) is 1. The van der Waals surface area contributed by atoms with E-state index in [1.54, 1.807) is 25.1 Å². The number of anilines is 2. The second-order valence-corrected chi connectivity index (χ2v) is 4.92. The molecule has 21 heavy (non-hydrogen) atoms. The summed E-state index contributed by atoms with van der Waals surface area (Å²) >= 11 is 6.02. The standard InChI is InChI=1S/C15H16ClN3O2/c1-4-21-14(20)12-8-11(5-6-13(12)16)19-15-17-9(2)7-10(3)18-15/h5-8H,4H2,1-3H3,(H,17,18,19). The minimum atomic E-state index is -0.451. The molecule has 0 bridgehead atoms. The number of nitrogens with zero attached hydrogens (tertiary/aromatic N) is 2. The topological polar surface area (TPSA) is 64.1 Å². The maximum atomic E-state index is 11.8. The molecule has 0 saturated heterocycles. The highest BCUT2D eigenvalue weighted by atomic mass is 35.5. The summed E-state index contributed by atoms with van der Waals surface area (Å²) in [4.78, 5) is 20.4. The third kappa shape index (κ3) is 3.92. The van der Waals surface area contributed by atoms with E-state index in [1.807, 2.05) is 19.9 Å². The van der Waals surface area contributed by atoms with E-state index >= 15 is 0 Å². The van der Waals surface area contributed by atoms with Crippen LogP contribution in [0.3, 0.4) is 0 Å². The van der Waals surface area contributed by atoms with Gasteiger partial charge in [-0.25, -0.2) is 14.8 Å². The van der Waals surface area contributed by atoms with Crippen molar-refractivity contribution < 1.29 is 9.53 Å². The number of carbonyl (C=O) groups excluding carboxylic acids is 1. The summed E-state index contributed by atoms with van der Waals surface area (Å²) in [5.41, 5.74) is 2.72. The molecule has 110 valence electrons. The molecule has 0 saturated carbocycles. The van der Waals surface area contributed by atoms with Crippen molar-refractivity contribution in [3.05, 3.63) is 46.2 Å². The summed E-state index contributed by atoms with van der Waals surface area (Å²) in [5, 5.41) is 3.41. The molecule has 1 heterocycles. The molecule has 5 nitrogen and oxygen atoms in total. The van der Waals surface area contributed by atoms with E-state index < -0.39 is 5.97 Å². The minimum absolute atomic E-state index is 0.299. The molecule has 0 aliphatic heterocycles. The van der Waals surface area contributed by atoms with Gasteiger partial charge in [-0.3, -0.25) is 0 Å². The maximum absolute atomic E-state index is 11.8. The Morgan fingerprint density at radius 2 is 1.90 bits per heavy atom. The number of hydrogen-bond acceptors (Lipinski definition) is 5. The smallest absolute Gasteiger partial charge is 0.339 e. The Labute approximate surface area is 128 Å². The molecular formula is C15H16ClN3O2. The van der Waals surface area contributed by atoms with Crippen LogP contribution in [0.4, 0.5) is 11.6 Å². The van der Waals surface area contributed by atoms with Crippen molar-refractivity contribution in [2.24, 2.45) is 0 Å². The molecule has 6 heteroatoms. The van der Waals surface area contributed by atoms with Crippen LogP contribution in [-0.4, -0.2) is 22.5 Å². The average molecular weight is 306 g/mol. The van der Waals surface area contributed by atoms with Crippen LogP contribution in [0.2, 0.25) is 5.02 Å². The van der Waals surface area contributed by atoms with E-state index in [1.165, 1.54) is 0 Å². The van der Waals surface area contributed by atoms with E-state index in [2.05, 4.69) is 15.3 Å². The molecule has 2 aromatic rings. The van der Waals surface area contributed by atoms with Gasteiger partial charge < -0.3 is 10.1 Å². The molecule has 0 aliphatic carbocycles. The largest absolute Gasteiger partial charge is 0.462 e. The molecule has 0 aliphatic rings. The van der Waals surface area contributed by atoms with Gasteiger partial charge in [-0.1, -0.05) is 11.6 Å². The summed E-state index contributed by atoms with van der Waals surface area (Å²) in [6, 6.07) is 6.91. The Bertz CT molecular complexity index is 654. The first-order chi connectivity index (χ1) is 9.99. The predicted octanol–water partition coefficient (Wildman–Crippen LogP) is 3.67. The van der Waals surface area contributed by atoms with Crippen molar-refractivity contribution in [2.45, 2.75) is 20.8 Å². The Morgan fingerprint density at radius 1 is 1.24 bits per heavy atom. The number of nitrogens with one attached hydrogen (secondary N) is 1. The first-order valence-electron chi connectivity index (χ1n) is 6.55. The average Bonchev–Trinajstić information content (AvgIpc) is 2.40. The van der Waals surface area contributed by atoms with Crippen LogP contribution < -0.4 is 5.32 Å². The van der Waals surface area contributed by atoms with Gasteiger partial charge >= 0.3 is 5.97 Å². The predicted molar refractivity (Wildman–Crippen MR) is 82.2 cm³/mol. The molecule has 0 amide bonds. The number of carbonyl (C=O) groups is 1. The molecule has 0 atom stereocenters. The summed E-state index contributed by atoms with van der Waals surface area (Å²) in [6.45, 7) is 5.84. The summed E-state index contributed by atoms with van der Waals surface area (Å²) in [5.74, 6) is 0.0251. The lowest BCUT2D eigenvalue weighted by atomic mass is 10.2. The van der Waals surface area contributed by atoms with Crippen LogP contribution in [0.15, 0.2) is 24.3 Å². The monoisotopic (exact) mass is 305 g/mol. The SMILES string of the molecule is CCOC(=O)c1cc(Nc2nc(C)cc(C)n2)ccc1Cl. The zero-order valence-corrected chi connectivity index (χ0v) is 12.9. The van der Waals surface area contributed by atoms with Crippen molar-refractivity contribution in [1.29, 1.82) is 0 Å². The van der Waals surface area contributed by atoms with Crippen molar-refractivity contribution in [1.82, 2.24) is 9.97 Å². The Hall–Kier alpha value is -2.14. The van der Waals surface area contributed by atoms with Gasteiger partial charge in [0.1, 0.15) is 0 Å². The molecular weight excluding hydrogens is 290 g/mol. The Morgan fingerprint density at radius 3 is 2.52 bits per heavy atom. The van der Waals surface area contributed by atoms with Crippen molar-refractivity contribution in [3.8, 4) is 0 Å². The molecule has 0 unspecified atom stereocenters. The van der Waals surface area contributed by atoms with Gasteiger partial charge in [0.05, 0.1) is 17.2 Å². The number of hydrogen-bond donors (Lipinski definition) is 1. The fraction of sp³-hybridized carbons (Fsp3) is 0.267. The lowest BCUT2D eigenvalue weighted by Crippen LogP contribution is -2.06. The van der Waals surface area contributed by atoms with Gasteiger partial charge in [-0.05, 0) is 45.0 Å². The molecule has 0 fully saturated rings. The molecule has 1 N–H and O–H groups in total. The molecule has 1 aromatic carbocycles. The molecule has 2 rings (SSSR count). The Kier molecular flexibility index (Phi) is 4.75. The van der Waals surface area contributed by atoms with Gasteiger partial charge in [0.25, 0.3) is 0 Å². The van der Waals surface area contributed by atoms with Crippen molar-refractivity contribution in [3.63, 3.8) is 0 Å². The summed E-state index contributed by atoms with van der Waals surface area (Å²) in [6.07, 6.45) is 0. The van der Waals surface area contributed by atoms with Crippen LogP contribution >= 0.6 is 11.6 Å². The van der Waals surface area contributed by atoms with Gasteiger partial charge in [0.2, 0.25) is 5.95 Å². The number of rotatable bonds is 4. The van der Waals surface area contributed by atoms with Crippen molar-refractivity contribution >= 4 is 29.2 Å². The van der Waals surface area contributed by atoms with Gasteiger partial charge in [0.15, 0.2) is 0 Å². The number of halogens is 1. The van der Waals surface area contributed by atoms with Crippen LogP contribution in [-0.2, 0) is 4.74 Å². The van der Waals surface area contributed by atoms with E-state index in [4.69, 9.17) is 16.3 Å². The van der Waals surface area contributed by atoms with E-state index in [9.17, 15) is 4.79 Å². The number of aromatic nitrogens is 2. The third-order valence-corrected chi connectivity index (χ3v) is 3.03. The van der Waals surface area contributed by atoms with Gasteiger partial charge in [-0.2, -0.15) is 0 Å². The van der Waals surface area contributed by atoms with E-state index in [0.29, 0.717) is 28.8 Å². The quantitative estimate of drug-likeness (QED) is 0.873. The first kappa shape index (κ1) is 15.3. The van der Waals surface area contributed by atoms with Crippen LogP contribution in [0.25, 0.3) is 0 Å². The molecule has 0 radical (unpaired) electrons. The van der Waals surface area contributed by atoms with Crippen molar-refractivity contribution in [2.75, 3.05) is 11.9 Å². The van der Waals surface area contributed by atoms with Crippen LogP contribution in [0.1, 0.15) is 28.7 Å². The number of aryl methyl sites for hydroxylation is 2. The maximum Gasteiger partial charge on any atom is 0.339 e. The fourth-order valence-electron chi connectivity index (χ4n) is 1.88. The van der Waals surface area contributed by atoms with E-state index in [0.717, 1.165) is 11.4 Å². The van der Waals surface area contributed by atoms with Crippen LogP contribution in [0.5, 0.6) is 0 Å². The highest BCUT2D eigenvalue weighted by molar-refractivity contribution is 6.33. The third-order valence-electron chi connectivity index (χ3n) is 2.70. The Balaban J connectivity index is 2.28. The fourth-order valence-corrected chi connectivity index (χ4v) is 2.07. The molecule has 1 aromatic heterocycles. The lowest BCUT2D eigenvalue weighted by Gasteiger charge is -2.09. The van der Waals surface area contributed by atoms with Gasteiger partial charge in [0, 0.05) is 17.1 Å². The second-order valence-electron chi connectivity index (χ2n) is 4.51. The van der Waals surface area contributed by atoms with E-state index in [-0.39, 0.29) is 0 Å². The summed E-state index contributed by atoms with van der Waals surface area (Å²) in [7, 11) is 0. The summed E-state index contributed by atoms with van der Waals surface area (Å²) < 4.78 is 4.97. The highest BCUT2D eigenvalue weighted by Crippen LogP contribution is 2.23. The normalized spacial score (nSPS) is 10.3. The highest BCUT2D eigenvalue weighted by Gasteiger charge is 2.12. The zero-order chi connectivity index (χ0) is 15.4. The minimum Gasteiger partial charge on any atom is -0.462 e.